The molecule has 0 fully saturated rings. The third-order valence-corrected chi connectivity index (χ3v) is 3.51. The highest BCUT2D eigenvalue weighted by Gasteiger charge is 2.16. The first-order valence-corrected chi connectivity index (χ1v) is 9.97. The van der Waals surface area contributed by atoms with Gasteiger partial charge in [0.25, 0.3) is 0 Å². The topological polar surface area (TPSA) is 58.9 Å². The molecule has 0 saturated carbocycles. The number of phenolic OH excluding ortho intramolecular Hbond substituents is 2. The normalized spacial score (nSPS) is 11.1. The van der Waals surface area contributed by atoms with Crippen LogP contribution in [0.1, 0.15) is 11.1 Å². The quantitative estimate of drug-likeness (QED) is 0.295. The third kappa shape index (κ3) is 4.73. The number of phenols is 2. The summed E-state index contributed by atoms with van der Waals surface area (Å²) in [4.78, 5) is 0. The second-order valence-electron chi connectivity index (χ2n) is 5.33. The lowest BCUT2D eigenvalue weighted by atomic mass is 10.1. The average Bonchev–Trinajstić information content (AvgIpc) is 2.33. The van der Waals surface area contributed by atoms with Crippen molar-refractivity contribution in [3.8, 4) is 23.0 Å². The Morgan fingerprint density at radius 2 is 1.95 bits per heavy atom. The van der Waals surface area contributed by atoms with E-state index < -0.39 is 8.07 Å². The lowest BCUT2D eigenvalue weighted by Crippen LogP contribution is -2.16. The molecule has 0 spiro atoms. The summed E-state index contributed by atoms with van der Waals surface area (Å²) in [6.07, 6.45) is 0. The van der Waals surface area contributed by atoms with Crippen molar-refractivity contribution in [1.29, 1.82) is 0 Å². The summed E-state index contributed by atoms with van der Waals surface area (Å²) in [5.41, 5.74) is 3.86. The number of methoxy groups -OCH3 is 1. The average molecular weight is 315 g/mol. The van der Waals surface area contributed by atoms with E-state index in [4.69, 9.17) is 21.1 Å². The molecule has 4 nitrogen and oxygen atoms in total. The van der Waals surface area contributed by atoms with Gasteiger partial charge in [0.2, 0.25) is 0 Å². The molecule has 0 amide bonds. The number of rotatable bonds is 4. The van der Waals surface area contributed by atoms with Gasteiger partial charge in [0.05, 0.1) is 17.2 Å². The van der Waals surface area contributed by atoms with E-state index in [0.717, 1.165) is 0 Å². The van der Waals surface area contributed by atoms with Gasteiger partial charge in [-0.2, -0.15) is 0 Å². The molecular weight excluding hydrogens is 296 g/mol. The van der Waals surface area contributed by atoms with Crippen molar-refractivity contribution in [3.05, 3.63) is 22.2 Å². The first-order chi connectivity index (χ1) is 9.26. The van der Waals surface area contributed by atoms with Gasteiger partial charge < -0.3 is 19.7 Å². The summed E-state index contributed by atoms with van der Waals surface area (Å²) in [7, 11) is -0.116. The molecule has 1 rings (SSSR count). The number of hydrogen-bond acceptors (Lipinski definition) is 4. The molecular formula is C14H19ClO4Si. The van der Waals surface area contributed by atoms with Gasteiger partial charge in [-0.25, -0.2) is 0 Å². The zero-order chi connectivity index (χ0) is 15.3. The van der Waals surface area contributed by atoms with Crippen LogP contribution in [-0.4, -0.2) is 32.2 Å². The molecule has 0 aliphatic carbocycles. The van der Waals surface area contributed by atoms with Crippen molar-refractivity contribution in [2.45, 2.75) is 26.2 Å². The molecule has 0 heterocycles. The minimum atomic E-state index is -1.62. The van der Waals surface area contributed by atoms with Crippen LogP contribution in [0.3, 0.4) is 0 Å². The van der Waals surface area contributed by atoms with Crippen molar-refractivity contribution in [1.82, 2.24) is 0 Å². The molecule has 0 saturated heterocycles. The monoisotopic (exact) mass is 314 g/mol. The second kappa shape index (κ2) is 7.00. The largest absolute Gasteiger partial charge is 0.507 e. The summed E-state index contributed by atoms with van der Waals surface area (Å²) in [6, 6.07) is 1.28. The Hall–Kier alpha value is -1.19. The van der Waals surface area contributed by atoms with E-state index in [0.29, 0.717) is 11.1 Å². The highest BCUT2D eigenvalue weighted by molar-refractivity contribution is 6.83. The van der Waals surface area contributed by atoms with Crippen LogP contribution in [0.2, 0.25) is 24.7 Å². The molecule has 20 heavy (non-hydrogen) atoms. The predicted octanol–water partition coefficient (Wildman–Crippen LogP) is 3.10. The molecule has 0 aromatic heterocycles. The van der Waals surface area contributed by atoms with Gasteiger partial charge in [-0.05, 0) is 0 Å². The predicted molar refractivity (Wildman–Crippen MR) is 81.7 cm³/mol. The summed E-state index contributed by atoms with van der Waals surface area (Å²) in [6.45, 7) is 6.43. The van der Waals surface area contributed by atoms with E-state index in [1.54, 1.807) is 0 Å². The maximum absolute atomic E-state index is 10.0. The van der Waals surface area contributed by atoms with Gasteiger partial charge in [-0.15, -0.1) is 5.54 Å². The number of ether oxygens (including phenoxy) is 2. The fourth-order valence-electron chi connectivity index (χ4n) is 1.42. The maximum atomic E-state index is 10.0. The molecule has 0 bridgehead atoms. The molecule has 0 aliphatic heterocycles. The Morgan fingerprint density at radius 1 is 1.30 bits per heavy atom. The first-order valence-electron chi connectivity index (χ1n) is 6.09. The fourth-order valence-corrected chi connectivity index (χ4v) is 2.12. The third-order valence-electron chi connectivity index (χ3n) is 2.35. The van der Waals surface area contributed by atoms with Crippen LogP contribution in [0.25, 0.3) is 0 Å². The van der Waals surface area contributed by atoms with Gasteiger partial charge >= 0.3 is 0 Å². The van der Waals surface area contributed by atoms with Crippen LogP contribution in [0.15, 0.2) is 6.07 Å². The van der Waals surface area contributed by atoms with Gasteiger partial charge in [0.15, 0.2) is 0 Å². The Bertz CT molecular complexity index is 541. The lowest BCUT2D eigenvalue weighted by Gasteiger charge is -2.12. The van der Waals surface area contributed by atoms with Gasteiger partial charge in [-0.3, -0.25) is 0 Å². The molecule has 0 aliphatic rings. The zero-order valence-corrected chi connectivity index (χ0v) is 13.8. The minimum absolute atomic E-state index is 0.0521. The van der Waals surface area contributed by atoms with E-state index in [1.165, 1.54) is 13.2 Å². The summed E-state index contributed by atoms with van der Waals surface area (Å²) >= 11 is 5.87. The van der Waals surface area contributed by atoms with Crippen LogP contribution < -0.4 is 0 Å². The van der Waals surface area contributed by atoms with Crippen molar-refractivity contribution in [2.75, 3.05) is 13.9 Å². The number of hydrogen-bond donors (Lipinski definition) is 2. The molecule has 0 unspecified atom stereocenters. The minimum Gasteiger partial charge on any atom is -0.507 e. The smallest absolute Gasteiger partial charge is 0.150 e. The summed E-state index contributed by atoms with van der Waals surface area (Å²) < 4.78 is 10.0. The van der Waals surface area contributed by atoms with E-state index in [1.807, 2.05) is 0 Å². The Kier molecular flexibility index (Phi) is 5.90. The van der Waals surface area contributed by atoms with Gasteiger partial charge in [0, 0.05) is 18.7 Å². The number of benzene rings is 1. The molecule has 0 radical (unpaired) electrons. The fraction of sp³-hybridized carbons (Fsp3) is 0.429. The van der Waals surface area contributed by atoms with Crippen LogP contribution in [0.5, 0.6) is 11.5 Å². The summed E-state index contributed by atoms with van der Waals surface area (Å²) in [5, 5.41) is 20.1. The van der Waals surface area contributed by atoms with Crippen molar-refractivity contribution < 1.29 is 19.7 Å². The van der Waals surface area contributed by atoms with E-state index in [9.17, 15) is 10.2 Å². The van der Waals surface area contributed by atoms with E-state index >= 15 is 0 Å². The molecule has 2 N–H and O–H groups in total. The standard InChI is InChI=1S/C14H19ClO4Si/c1-18-9-19-8-11-10(5-6-20(2,3)4)14(17)12(15)7-13(11)16/h7,16-17H,8-9H2,1-4H3. The van der Waals surface area contributed by atoms with Crippen LogP contribution in [0.4, 0.5) is 0 Å². The van der Waals surface area contributed by atoms with Crippen molar-refractivity contribution in [2.24, 2.45) is 0 Å². The SMILES string of the molecule is COCOCc1c(O)cc(Cl)c(O)c1C#C[Si](C)(C)C. The molecule has 6 heteroatoms. The van der Waals surface area contributed by atoms with E-state index in [2.05, 4.69) is 31.1 Å². The van der Waals surface area contributed by atoms with Gasteiger partial charge in [0.1, 0.15) is 26.4 Å². The van der Waals surface area contributed by atoms with Crippen molar-refractivity contribution >= 4 is 19.7 Å². The Morgan fingerprint density at radius 3 is 2.50 bits per heavy atom. The van der Waals surface area contributed by atoms with Crippen LogP contribution in [-0.2, 0) is 16.1 Å². The van der Waals surface area contributed by atoms with Gasteiger partial charge in [-0.1, -0.05) is 37.2 Å². The number of halogens is 1. The maximum Gasteiger partial charge on any atom is 0.150 e. The number of aromatic hydroxyl groups is 2. The van der Waals surface area contributed by atoms with Crippen LogP contribution in [0, 0.1) is 11.5 Å². The Balaban J connectivity index is 3.25. The van der Waals surface area contributed by atoms with Crippen LogP contribution >= 0.6 is 11.6 Å². The Labute approximate surface area is 125 Å². The highest BCUT2D eigenvalue weighted by atomic mass is 35.5. The van der Waals surface area contributed by atoms with E-state index in [-0.39, 0.29) is 29.9 Å². The first kappa shape index (κ1) is 16.9. The van der Waals surface area contributed by atoms with Crippen molar-refractivity contribution in [3.63, 3.8) is 0 Å². The highest BCUT2D eigenvalue weighted by Crippen LogP contribution is 2.36. The zero-order valence-electron chi connectivity index (χ0n) is 12.1. The molecule has 110 valence electrons. The summed E-state index contributed by atoms with van der Waals surface area (Å²) in [5.74, 6) is 2.74. The molecule has 1 aromatic carbocycles. The lowest BCUT2D eigenvalue weighted by molar-refractivity contribution is -0.0396. The second-order valence-corrected chi connectivity index (χ2v) is 10.5. The molecule has 0 atom stereocenters. The molecule has 1 aromatic rings.